The maximum absolute atomic E-state index is 12.1. The number of anilines is 1. The van der Waals surface area contributed by atoms with Crippen LogP contribution in [0.15, 0.2) is 11.6 Å². The van der Waals surface area contributed by atoms with Crippen molar-refractivity contribution in [1.29, 1.82) is 0 Å². The van der Waals surface area contributed by atoms with E-state index in [1.165, 1.54) is 17.5 Å². The SMILES string of the molecule is CCOC(=O)c1c(C2CC2)csc1NC(=O)c1cn[nH]n1. The first kappa shape index (κ1) is 13.7. The van der Waals surface area contributed by atoms with Crippen LogP contribution in [0, 0.1) is 0 Å². The summed E-state index contributed by atoms with van der Waals surface area (Å²) in [4.78, 5) is 24.2. The second-order valence-corrected chi connectivity index (χ2v) is 5.58. The van der Waals surface area contributed by atoms with Gasteiger partial charge in [-0.1, -0.05) is 0 Å². The number of nitrogens with one attached hydrogen (secondary N) is 2. The van der Waals surface area contributed by atoms with Gasteiger partial charge in [0.2, 0.25) is 0 Å². The molecule has 0 unspecified atom stereocenters. The number of hydrogen-bond donors (Lipinski definition) is 2. The molecule has 110 valence electrons. The zero-order valence-electron chi connectivity index (χ0n) is 11.4. The minimum Gasteiger partial charge on any atom is -0.462 e. The second kappa shape index (κ2) is 5.65. The molecule has 0 bridgehead atoms. The van der Waals surface area contributed by atoms with E-state index in [4.69, 9.17) is 4.74 Å². The molecule has 0 radical (unpaired) electrons. The molecule has 1 fully saturated rings. The maximum Gasteiger partial charge on any atom is 0.341 e. The van der Waals surface area contributed by atoms with Crippen LogP contribution in [-0.2, 0) is 4.74 Å². The van der Waals surface area contributed by atoms with Crippen LogP contribution < -0.4 is 5.32 Å². The quantitative estimate of drug-likeness (QED) is 0.825. The summed E-state index contributed by atoms with van der Waals surface area (Å²) < 4.78 is 5.10. The van der Waals surface area contributed by atoms with Crippen LogP contribution in [0.25, 0.3) is 0 Å². The highest BCUT2D eigenvalue weighted by atomic mass is 32.1. The molecule has 1 amide bonds. The Labute approximate surface area is 124 Å². The Kier molecular flexibility index (Phi) is 3.70. The van der Waals surface area contributed by atoms with Crippen LogP contribution >= 0.6 is 11.3 Å². The van der Waals surface area contributed by atoms with E-state index in [9.17, 15) is 9.59 Å². The Morgan fingerprint density at radius 3 is 2.95 bits per heavy atom. The molecule has 0 spiro atoms. The van der Waals surface area contributed by atoms with Gasteiger partial charge < -0.3 is 10.1 Å². The van der Waals surface area contributed by atoms with Crippen molar-refractivity contribution in [3.8, 4) is 0 Å². The van der Waals surface area contributed by atoms with Gasteiger partial charge in [-0.2, -0.15) is 15.4 Å². The molecule has 8 heteroatoms. The maximum atomic E-state index is 12.1. The van der Waals surface area contributed by atoms with Crippen molar-refractivity contribution in [2.75, 3.05) is 11.9 Å². The van der Waals surface area contributed by atoms with E-state index in [1.54, 1.807) is 6.92 Å². The molecule has 0 atom stereocenters. The molecule has 1 aliphatic rings. The molecule has 2 aromatic rings. The van der Waals surface area contributed by atoms with Gasteiger partial charge in [-0.3, -0.25) is 4.79 Å². The zero-order valence-corrected chi connectivity index (χ0v) is 12.2. The smallest absolute Gasteiger partial charge is 0.341 e. The minimum absolute atomic E-state index is 0.172. The number of nitrogens with zero attached hydrogens (tertiary/aromatic N) is 2. The molecular formula is C13H14N4O3S. The summed E-state index contributed by atoms with van der Waals surface area (Å²) in [6.45, 7) is 2.06. The first-order chi connectivity index (χ1) is 10.2. The summed E-state index contributed by atoms with van der Waals surface area (Å²) in [5, 5.41) is 14.8. The van der Waals surface area contributed by atoms with Crippen LogP contribution in [0.2, 0.25) is 0 Å². The number of rotatable bonds is 5. The van der Waals surface area contributed by atoms with Crippen molar-refractivity contribution in [3.05, 3.63) is 28.4 Å². The van der Waals surface area contributed by atoms with E-state index in [2.05, 4.69) is 20.7 Å². The number of H-pyrrole nitrogens is 1. The molecule has 1 aliphatic carbocycles. The molecule has 0 saturated heterocycles. The molecule has 2 heterocycles. The summed E-state index contributed by atoms with van der Waals surface area (Å²) in [6.07, 6.45) is 3.47. The largest absolute Gasteiger partial charge is 0.462 e. The Morgan fingerprint density at radius 2 is 2.33 bits per heavy atom. The molecule has 21 heavy (non-hydrogen) atoms. The molecule has 7 nitrogen and oxygen atoms in total. The van der Waals surface area contributed by atoms with Crippen LogP contribution in [0.4, 0.5) is 5.00 Å². The van der Waals surface area contributed by atoms with E-state index in [0.717, 1.165) is 18.4 Å². The highest BCUT2D eigenvalue weighted by molar-refractivity contribution is 7.15. The molecule has 2 N–H and O–H groups in total. The Balaban J connectivity index is 1.87. The fraction of sp³-hybridized carbons (Fsp3) is 0.385. The molecule has 2 aromatic heterocycles. The van der Waals surface area contributed by atoms with Crippen molar-refractivity contribution in [1.82, 2.24) is 15.4 Å². The molecule has 0 aromatic carbocycles. The van der Waals surface area contributed by atoms with Crippen LogP contribution in [0.3, 0.4) is 0 Å². The number of ether oxygens (including phenoxy) is 1. The highest BCUT2D eigenvalue weighted by Crippen LogP contribution is 2.46. The second-order valence-electron chi connectivity index (χ2n) is 4.70. The summed E-state index contributed by atoms with van der Waals surface area (Å²) >= 11 is 1.33. The van der Waals surface area contributed by atoms with Crippen LogP contribution in [0.5, 0.6) is 0 Å². The molecular weight excluding hydrogens is 292 g/mol. The monoisotopic (exact) mass is 306 g/mol. The van der Waals surface area contributed by atoms with Gasteiger partial charge >= 0.3 is 5.97 Å². The average molecular weight is 306 g/mol. The lowest BCUT2D eigenvalue weighted by atomic mass is 10.1. The van der Waals surface area contributed by atoms with Gasteiger partial charge in [-0.15, -0.1) is 11.3 Å². The lowest BCUT2D eigenvalue weighted by molar-refractivity contribution is 0.0527. The topological polar surface area (TPSA) is 97.0 Å². The molecule has 0 aliphatic heterocycles. The predicted octanol–water partition coefficient (Wildman–Crippen LogP) is 2.17. The van der Waals surface area contributed by atoms with Gasteiger partial charge in [0.15, 0.2) is 5.69 Å². The van der Waals surface area contributed by atoms with Crippen molar-refractivity contribution in [2.45, 2.75) is 25.7 Å². The number of thiophene rings is 1. The lowest BCUT2D eigenvalue weighted by Gasteiger charge is -2.07. The standard InChI is InChI=1S/C13H14N4O3S/c1-2-20-13(19)10-8(7-3-4-7)6-21-12(10)15-11(18)9-5-14-17-16-9/h5-7H,2-4H2,1H3,(H,15,18)(H,14,16,17). The van der Waals surface area contributed by atoms with E-state index in [0.29, 0.717) is 23.1 Å². The number of esters is 1. The molecule has 3 rings (SSSR count). The fourth-order valence-corrected chi connectivity index (χ4v) is 3.08. The number of carbonyl (C=O) groups excluding carboxylic acids is 2. The van der Waals surface area contributed by atoms with E-state index in [-0.39, 0.29) is 5.69 Å². The fourth-order valence-electron chi connectivity index (χ4n) is 2.05. The third kappa shape index (κ3) is 2.80. The lowest BCUT2D eigenvalue weighted by Crippen LogP contribution is -2.15. The van der Waals surface area contributed by atoms with Gasteiger partial charge in [-0.05, 0) is 36.6 Å². The first-order valence-electron chi connectivity index (χ1n) is 6.66. The third-order valence-corrected chi connectivity index (χ3v) is 4.10. The first-order valence-corrected chi connectivity index (χ1v) is 7.54. The van der Waals surface area contributed by atoms with Crippen molar-refractivity contribution < 1.29 is 14.3 Å². The van der Waals surface area contributed by atoms with Gasteiger partial charge in [0.05, 0.1) is 18.4 Å². The number of hydrogen-bond acceptors (Lipinski definition) is 6. The van der Waals surface area contributed by atoms with Crippen molar-refractivity contribution in [3.63, 3.8) is 0 Å². The molecule has 1 saturated carbocycles. The van der Waals surface area contributed by atoms with E-state index in [1.807, 2.05) is 5.38 Å². The van der Waals surface area contributed by atoms with Crippen LogP contribution in [0.1, 0.15) is 52.1 Å². The normalized spacial score (nSPS) is 14.0. The number of aromatic amines is 1. The van der Waals surface area contributed by atoms with Crippen LogP contribution in [-0.4, -0.2) is 33.9 Å². The Bertz CT molecular complexity index is 661. The third-order valence-electron chi connectivity index (χ3n) is 3.19. The summed E-state index contributed by atoms with van der Waals surface area (Å²) in [5.41, 5.74) is 1.61. The average Bonchev–Trinajstić information content (AvgIpc) is 3.01. The van der Waals surface area contributed by atoms with Gasteiger partial charge in [-0.25, -0.2) is 4.79 Å². The summed E-state index contributed by atoms with van der Waals surface area (Å²) in [5.74, 6) is -0.395. The predicted molar refractivity (Wildman–Crippen MR) is 76.6 cm³/mol. The van der Waals surface area contributed by atoms with E-state index >= 15 is 0 Å². The van der Waals surface area contributed by atoms with Crippen molar-refractivity contribution in [2.24, 2.45) is 0 Å². The number of amides is 1. The Hall–Kier alpha value is -2.22. The van der Waals surface area contributed by atoms with Crippen molar-refractivity contribution >= 4 is 28.2 Å². The minimum atomic E-state index is -0.404. The van der Waals surface area contributed by atoms with Gasteiger partial charge in [0, 0.05) is 0 Å². The Morgan fingerprint density at radius 1 is 1.52 bits per heavy atom. The highest BCUT2D eigenvalue weighted by Gasteiger charge is 2.32. The summed E-state index contributed by atoms with van der Waals surface area (Å²) in [7, 11) is 0. The van der Waals surface area contributed by atoms with E-state index < -0.39 is 11.9 Å². The number of aromatic nitrogens is 3. The van der Waals surface area contributed by atoms with Gasteiger partial charge in [0.25, 0.3) is 5.91 Å². The zero-order chi connectivity index (χ0) is 14.8. The summed E-state index contributed by atoms with van der Waals surface area (Å²) in [6, 6.07) is 0. The van der Waals surface area contributed by atoms with Gasteiger partial charge in [0.1, 0.15) is 5.00 Å². The number of carbonyl (C=O) groups is 2.